The van der Waals surface area contributed by atoms with E-state index in [-0.39, 0.29) is 6.03 Å². The van der Waals surface area contributed by atoms with Crippen molar-refractivity contribution in [3.63, 3.8) is 0 Å². The summed E-state index contributed by atoms with van der Waals surface area (Å²) >= 11 is 6.13. The molecule has 0 saturated carbocycles. The first-order chi connectivity index (χ1) is 14.1. The van der Waals surface area contributed by atoms with Crippen molar-refractivity contribution >= 4 is 34.8 Å². The summed E-state index contributed by atoms with van der Waals surface area (Å²) in [5.74, 6) is 0.890. The molecular weight excluding hydrogens is 386 g/mol. The fraction of sp³-hybridized carbons (Fsp3) is 0.227. The van der Waals surface area contributed by atoms with Crippen LogP contribution in [0.1, 0.15) is 18.4 Å². The Labute approximate surface area is 174 Å². The van der Waals surface area contributed by atoms with E-state index in [0.29, 0.717) is 16.4 Å². The summed E-state index contributed by atoms with van der Waals surface area (Å²) in [4.78, 5) is 23.8. The number of carbonyl (C=O) groups excluding carboxylic acids is 1. The van der Waals surface area contributed by atoms with E-state index in [1.165, 1.54) is 12.8 Å². The van der Waals surface area contributed by atoms with Gasteiger partial charge < -0.3 is 15.5 Å². The predicted molar refractivity (Wildman–Crippen MR) is 118 cm³/mol. The van der Waals surface area contributed by atoms with Gasteiger partial charge in [0.2, 0.25) is 0 Å². The highest BCUT2D eigenvalue weighted by Gasteiger charge is 2.19. The van der Waals surface area contributed by atoms with Crippen molar-refractivity contribution in [3.05, 3.63) is 65.4 Å². The monoisotopic (exact) mass is 407 g/mol. The third-order valence-electron chi connectivity index (χ3n) is 4.99. The topological polar surface area (TPSA) is 70.1 Å². The highest BCUT2D eigenvalue weighted by Crippen LogP contribution is 2.30. The zero-order valence-corrected chi connectivity index (χ0v) is 16.9. The Morgan fingerprint density at radius 3 is 2.62 bits per heavy atom. The summed E-state index contributed by atoms with van der Waals surface area (Å²) in [6.45, 7) is 3.85. The van der Waals surface area contributed by atoms with Gasteiger partial charge in [-0.05, 0) is 49.6 Å². The lowest BCUT2D eigenvalue weighted by Gasteiger charge is -2.19. The number of aromatic nitrogens is 2. The molecular formula is C22H22ClN5O. The lowest BCUT2D eigenvalue weighted by atomic mass is 10.1. The average Bonchev–Trinajstić information content (AvgIpc) is 3.26. The van der Waals surface area contributed by atoms with Crippen LogP contribution in [0.4, 0.5) is 22.0 Å². The van der Waals surface area contributed by atoms with Crippen LogP contribution in [0, 0.1) is 6.92 Å². The lowest BCUT2D eigenvalue weighted by Crippen LogP contribution is -2.21. The zero-order chi connectivity index (χ0) is 20.2. The first-order valence-corrected chi connectivity index (χ1v) is 9.99. The molecule has 2 heterocycles. The highest BCUT2D eigenvalue weighted by atomic mass is 35.5. The van der Waals surface area contributed by atoms with E-state index in [9.17, 15) is 4.79 Å². The fourth-order valence-corrected chi connectivity index (χ4v) is 3.64. The molecule has 4 rings (SSSR count). The van der Waals surface area contributed by atoms with Gasteiger partial charge in [-0.2, -0.15) is 0 Å². The van der Waals surface area contributed by atoms with Crippen LogP contribution in [0.2, 0.25) is 5.02 Å². The van der Waals surface area contributed by atoms with E-state index in [1.807, 2.05) is 37.3 Å². The van der Waals surface area contributed by atoms with Crippen LogP contribution in [0.5, 0.6) is 0 Å². The third-order valence-corrected chi connectivity index (χ3v) is 5.40. The summed E-state index contributed by atoms with van der Waals surface area (Å²) in [5.41, 5.74) is 3.92. The second-order valence-electron chi connectivity index (χ2n) is 7.00. The number of hydrogen-bond donors (Lipinski definition) is 2. The van der Waals surface area contributed by atoms with Crippen molar-refractivity contribution < 1.29 is 4.79 Å². The number of urea groups is 1. The van der Waals surface area contributed by atoms with E-state index in [0.717, 1.165) is 35.7 Å². The molecule has 0 bridgehead atoms. The minimum Gasteiger partial charge on any atom is -0.355 e. The van der Waals surface area contributed by atoms with E-state index in [1.54, 1.807) is 24.5 Å². The van der Waals surface area contributed by atoms with Gasteiger partial charge in [-0.3, -0.25) is 4.98 Å². The van der Waals surface area contributed by atoms with Gasteiger partial charge in [0.1, 0.15) is 5.69 Å². The Hall–Kier alpha value is -3.12. The summed E-state index contributed by atoms with van der Waals surface area (Å²) in [6.07, 6.45) is 5.76. The number of rotatable bonds is 4. The molecule has 3 aromatic rings. The molecule has 0 radical (unpaired) electrons. The summed E-state index contributed by atoms with van der Waals surface area (Å²) in [5, 5.41) is 6.34. The van der Waals surface area contributed by atoms with Gasteiger partial charge in [-0.25, -0.2) is 9.78 Å². The fourth-order valence-electron chi connectivity index (χ4n) is 3.47. The van der Waals surface area contributed by atoms with E-state index in [2.05, 4.69) is 25.5 Å². The molecule has 1 fully saturated rings. The standard InChI is InChI=1S/C22H22ClN5O/c1-15-18(23)8-5-9-19(15)27-22(29)26-17-7-4-6-16(14-17)20-21(25-11-10-24-20)28-12-2-3-13-28/h4-11,14H,2-3,12-13H2,1H3,(H2,26,27,29). The van der Waals surface area contributed by atoms with Gasteiger partial charge in [0.15, 0.2) is 5.82 Å². The second kappa shape index (κ2) is 8.49. The van der Waals surface area contributed by atoms with Crippen molar-refractivity contribution in [2.45, 2.75) is 19.8 Å². The number of hydrogen-bond acceptors (Lipinski definition) is 4. The van der Waals surface area contributed by atoms with Crippen LogP contribution in [0.15, 0.2) is 54.9 Å². The Bertz CT molecular complexity index is 1030. The molecule has 1 aliphatic heterocycles. The number of nitrogens with one attached hydrogen (secondary N) is 2. The maximum atomic E-state index is 12.5. The number of benzene rings is 2. The Kier molecular flexibility index (Phi) is 5.62. The third kappa shape index (κ3) is 4.32. The molecule has 0 unspecified atom stereocenters. The summed E-state index contributed by atoms with van der Waals surface area (Å²) < 4.78 is 0. The second-order valence-corrected chi connectivity index (χ2v) is 7.40. The van der Waals surface area contributed by atoms with Crippen LogP contribution in [0.3, 0.4) is 0 Å². The molecule has 2 aromatic carbocycles. The molecule has 1 aromatic heterocycles. The molecule has 2 amide bonds. The molecule has 2 N–H and O–H groups in total. The molecule has 0 aliphatic carbocycles. The smallest absolute Gasteiger partial charge is 0.323 e. The van der Waals surface area contributed by atoms with Crippen LogP contribution in [-0.4, -0.2) is 29.1 Å². The molecule has 1 aliphatic rings. The molecule has 0 spiro atoms. The molecule has 29 heavy (non-hydrogen) atoms. The van der Waals surface area contributed by atoms with E-state index in [4.69, 9.17) is 11.6 Å². The molecule has 7 heteroatoms. The van der Waals surface area contributed by atoms with Crippen molar-refractivity contribution in [1.29, 1.82) is 0 Å². The van der Waals surface area contributed by atoms with Gasteiger partial charge in [-0.15, -0.1) is 0 Å². The van der Waals surface area contributed by atoms with Gasteiger partial charge in [0.25, 0.3) is 0 Å². The van der Waals surface area contributed by atoms with Crippen LogP contribution < -0.4 is 15.5 Å². The molecule has 148 valence electrons. The molecule has 1 saturated heterocycles. The first kappa shape index (κ1) is 19.2. The van der Waals surface area contributed by atoms with Gasteiger partial charge >= 0.3 is 6.03 Å². The average molecular weight is 408 g/mol. The van der Waals surface area contributed by atoms with Crippen molar-refractivity contribution in [1.82, 2.24) is 9.97 Å². The minimum absolute atomic E-state index is 0.327. The molecule has 0 atom stereocenters. The Morgan fingerprint density at radius 2 is 1.79 bits per heavy atom. The zero-order valence-electron chi connectivity index (χ0n) is 16.2. The van der Waals surface area contributed by atoms with Crippen molar-refractivity contribution in [3.8, 4) is 11.3 Å². The van der Waals surface area contributed by atoms with E-state index >= 15 is 0 Å². The summed E-state index contributed by atoms with van der Waals surface area (Å²) in [6, 6.07) is 12.7. The summed E-state index contributed by atoms with van der Waals surface area (Å²) in [7, 11) is 0. The van der Waals surface area contributed by atoms with Gasteiger partial charge in [0, 0.05) is 47.4 Å². The Morgan fingerprint density at radius 1 is 1.03 bits per heavy atom. The number of nitrogens with zero attached hydrogens (tertiary/aromatic N) is 3. The maximum Gasteiger partial charge on any atom is 0.323 e. The number of amides is 2. The quantitative estimate of drug-likeness (QED) is 0.611. The number of halogens is 1. The number of carbonyl (C=O) groups is 1. The first-order valence-electron chi connectivity index (χ1n) is 9.61. The van der Waals surface area contributed by atoms with Gasteiger partial charge in [0.05, 0.1) is 0 Å². The highest BCUT2D eigenvalue weighted by molar-refractivity contribution is 6.31. The van der Waals surface area contributed by atoms with Crippen LogP contribution >= 0.6 is 11.6 Å². The van der Waals surface area contributed by atoms with Crippen LogP contribution in [-0.2, 0) is 0 Å². The van der Waals surface area contributed by atoms with Crippen molar-refractivity contribution in [2.75, 3.05) is 28.6 Å². The van der Waals surface area contributed by atoms with Crippen LogP contribution in [0.25, 0.3) is 11.3 Å². The van der Waals surface area contributed by atoms with Gasteiger partial charge in [-0.1, -0.05) is 29.8 Å². The maximum absolute atomic E-state index is 12.5. The SMILES string of the molecule is Cc1c(Cl)cccc1NC(=O)Nc1cccc(-c2nccnc2N2CCCC2)c1. The predicted octanol–water partition coefficient (Wildman–Crippen LogP) is 5.35. The van der Waals surface area contributed by atoms with Crippen molar-refractivity contribution in [2.24, 2.45) is 0 Å². The largest absolute Gasteiger partial charge is 0.355 e. The van der Waals surface area contributed by atoms with E-state index < -0.39 is 0 Å². The molecule has 6 nitrogen and oxygen atoms in total. The minimum atomic E-state index is -0.327. The lowest BCUT2D eigenvalue weighted by molar-refractivity contribution is 0.262. The number of anilines is 3. The normalized spacial score (nSPS) is 13.4. The Balaban J connectivity index is 1.54.